The molecule has 1 aliphatic heterocycles. The Bertz CT molecular complexity index is 995. The summed E-state index contributed by atoms with van der Waals surface area (Å²) >= 11 is 0. The lowest BCUT2D eigenvalue weighted by Crippen LogP contribution is -2.52. The zero-order valence-corrected chi connectivity index (χ0v) is 17.9. The zero-order chi connectivity index (χ0) is 23.4. The summed E-state index contributed by atoms with van der Waals surface area (Å²) in [6.07, 6.45) is -1.44. The second-order valence-electron chi connectivity index (χ2n) is 8.07. The van der Waals surface area contributed by atoms with Gasteiger partial charge in [0.2, 0.25) is 0 Å². The minimum Gasteiger partial charge on any atom is -0.480 e. The van der Waals surface area contributed by atoms with Crippen LogP contribution in [0.15, 0.2) is 48.5 Å². The molecule has 0 aromatic heterocycles. The number of hydrogen-bond acceptors (Lipinski definition) is 6. The first-order valence-electron chi connectivity index (χ1n) is 10.9. The standard InChI is InChI=1S/C24H26N2O7/c27-11-9-20(23(29)30)25-22(28)21-19(10-12-32-21)26-24(31)33-13-18-16-7-3-1-5-14(16)15-6-2-4-8-17(15)18/h1-8,18-21,27H,9-13H2,(H,25,28)(H,26,31)(H,29,30)/t19-,20?,21+/m0/s1. The van der Waals surface area contributed by atoms with E-state index in [0.29, 0.717) is 6.42 Å². The van der Waals surface area contributed by atoms with Crippen LogP contribution in [0.2, 0.25) is 0 Å². The van der Waals surface area contributed by atoms with Crippen molar-refractivity contribution in [2.75, 3.05) is 19.8 Å². The molecule has 174 valence electrons. The Hall–Kier alpha value is -3.43. The van der Waals surface area contributed by atoms with Gasteiger partial charge in [0, 0.05) is 25.6 Å². The maximum atomic E-state index is 12.5. The molecule has 1 heterocycles. The second kappa shape index (κ2) is 10.0. The number of benzene rings is 2. The fourth-order valence-electron chi connectivity index (χ4n) is 4.43. The highest BCUT2D eigenvalue weighted by Gasteiger charge is 2.37. The van der Waals surface area contributed by atoms with Gasteiger partial charge in [0.25, 0.3) is 5.91 Å². The number of carboxylic acids is 1. The molecule has 9 heteroatoms. The van der Waals surface area contributed by atoms with Crippen LogP contribution in [0.1, 0.15) is 29.9 Å². The molecule has 0 bridgehead atoms. The molecule has 0 radical (unpaired) electrons. The summed E-state index contributed by atoms with van der Waals surface area (Å²) in [6.45, 7) is -0.00374. The maximum Gasteiger partial charge on any atom is 0.407 e. The third kappa shape index (κ3) is 4.84. The summed E-state index contributed by atoms with van der Waals surface area (Å²) < 4.78 is 10.9. The van der Waals surface area contributed by atoms with Gasteiger partial charge in [0.15, 0.2) is 6.10 Å². The lowest BCUT2D eigenvalue weighted by molar-refractivity contribution is -0.144. The zero-order valence-electron chi connectivity index (χ0n) is 17.9. The minimum atomic E-state index is -1.25. The van der Waals surface area contributed by atoms with Crippen molar-refractivity contribution in [3.8, 4) is 11.1 Å². The van der Waals surface area contributed by atoms with E-state index in [1.807, 2.05) is 36.4 Å². The summed E-state index contributed by atoms with van der Waals surface area (Å²) in [5.41, 5.74) is 4.44. The molecule has 4 rings (SSSR count). The van der Waals surface area contributed by atoms with E-state index < -0.39 is 36.2 Å². The largest absolute Gasteiger partial charge is 0.480 e. The van der Waals surface area contributed by atoms with Gasteiger partial charge < -0.3 is 30.3 Å². The van der Waals surface area contributed by atoms with Gasteiger partial charge in [0.05, 0.1) is 6.04 Å². The molecule has 1 saturated heterocycles. The Labute approximate surface area is 190 Å². The Morgan fingerprint density at radius 1 is 1.06 bits per heavy atom. The second-order valence-corrected chi connectivity index (χ2v) is 8.07. The summed E-state index contributed by atoms with van der Waals surface area (Å²) in [4.78, 5) is 36.3. The smallest absolute Gasteiger partial charge is 0.407 e. The predicted molar refractivity (Wildman–Crippen MR) is 118 cm³/mol. The van der Waals surface area contributed by atoms with E-state index >= 15 is 0 Å². The Kier molecular flexibility index (Phi) is 6.90. The molecular formula is C24H26N2O7. The number of alkyl carbamates (subject to hydrolysis) is 1. The van der Waals surface area contributed by atoms with Crippen LogP contribution in [0.4, 0.5) is 4.79 Å². The molecule has 1 fully saturated rings. The molecule has 9 nitrogen and oxygen atoms in total. The number of aliphatic hydroxyl groups is 1. The molecule has 3 atom stereocenters. The third-order valence-corrected chi connectivity index (χ3v) is 6.03. The summed E-state index contributed by atoms with van der Waals surface area (Å²) in [5, 5.41) is 23.2. The van der Waals surface area contributed by atoms with Gasteiger partial charge in [0.1, 0.15) is 12.6 Å². The average molecular weight is 454 g/mol. The highest BCUT2D eigenvalue weighted by Crippen LogP contribution is 2.44. The molecular weight excluding hydrogens is 428 g/mol. The molecule has 2 aliphatic rings. The van der Waals surface area contributed by atoms with E-state index in [9.17, 15) is 14.4 Å². The van der Waals surface area contributed by atoms with Crippen molar-refractivity contribution >= 4 is 18.0 Å². The first-order chi connectivity index (χ1) is 16.0. The van der Waals surface area contributed by atoms with Crippen molar-refractivity contribution in [1.82, 2.24) is 10.6 Å². The normalized spacial score (nSPS) is 19.9. The van der Waals surface area contributed by atoms with Crippen molar-refractivity contribution in [2.45, 2.75) is 36.9 Å². The number of aliphatic hydroxyl groups excluding tert-OH is 1. The lowest BCUT2D eigenvalue weighted by atomic mass is 9.98. The number of amides is 2. The van der Waals surface area contributed by atoms with E-state index in [0.717, 1.165) is 22.3 Å². The quantitative estimate of drug-likeness (QED) is 0.476. The van der Waals surface area contributed by atoms with E-state index in [2.05, 4.69) is 22.8 Å². The van der Waals surface area contributed by atoms with Crippen LogP contribution >= 0.6 is 0 Å². The van der Waals surface area contributed by atoms with Crippen molar-refractivity contribution in [2.24, 2.45) is 0 Å². The topological polar surface area (TPSA) is 134 Å². The van der Waals surface area contributed by atoms with E-state index in [4.69, 9.17) is 19.7 Å². The van der Waals surface area contributed by atoms with E-state index in [1.54, 1.807) is 0 Å². The number of carbonyl (C=O) groups is 3. The van der Waals surface area contributed by atoms with Crippen LogP contribution in [-0.4, -0.2) is 66.2 Å². The van der Waals surface area contributed by atoms with Gasteiger partial charge in [-0.2, -0.15) is 0 Å². The number of carboxylic acid groups (broad SMARTS) is 1. The van der Waals surface area contributed by atoms with Crippen LogP contribution < -0.4 is 10.6 Å². The Balaban J connectivity index is 1.36. The molecule has 2 aromatic rings. The van der Waals surface area contributed by atoms with Gasteiger partial charge in [-0.15, -0.1) is 0 Å². The molecule has 4 N–H and O–H groups in total. The van der Waals surface area contributed by atoms with Crippen LogP contribution in [0.5, 0.6) is 0 Å². The molecule has 2 aromatic carbocycles. The van der Waals surface area contributed by atoms with Gasteiger partial charge in [-0.1, -0.05) is 48.5 Å². The first-order valence-corrected chi connectivity index (χ1v) is 10.9. The van der Waals surface area contributed by atoms with Crippen molar-refractivity contribution in [3.63, 3.8) is 0 Å². The molecule has 0 spiro atoms. The van der Waals surface area contributed by atoms with E-state index in [-0.39, 0.29) is 32.2 Å². The number of carbonyl (C=O) groups excluding carboxylic acids is 2. The maximum absolute atomic E-state index is 12.5. The molecule has 2 amide bonds. The number of ether oxygens (including phenoxy) is 2. The van der Waals surface area contributed by atoms with Crippen LogP contribution in [0.25, 0.3) is 11.1 Å². The van der Waals surface area contributed by atoms with Crippen molar-refractivity contribution < 1.29 is 34.1 Å². The van der Waals surface area contributed by atoms with Gasteiger partial charge in [-0.25, -0.2) is 9.59 Å². The third-order valence-electron chi connectivity index (χ3n) is 6.03. The molecule has 1 aliphatic carbocycles. The number of hydrogen-bond donors (Lipinski definition) is 4. The predicted octanol–water partition coefficient (Wildman–Crippen LogP) is 1.63. The average Bonchev–Trinajstić information content (AvgIpc) is 3.40. The molecule has 33 heavy (non-hydrogen) atoms. The SMILES string of the molecule is O=C(N[C@H]1CCO[C@H]1C(=O)NC(CCO)C(=O)O)OCC1c2ccccc2-c2ccccc21. The van der Waals surface area contributed by atoms with Crippen LogP contribution in [0, 0.1) is 0 Å². The summed E-state index contributed by atoms with van der Waals surface area (Å²) in [6, 6.07) is 14.1. The highest BCUT2D eigenvalue weighted by molar-refractivity contribution is 5.87. The monoisotopic (exact) mass is 454 g/mol. The minimum absolute atomic E-state index is 0.0862. The highest BCUT2D eigenvalue weighted by atomic mass is 16.6. The number of rotatable bonds is 8. The van der Waals surface area contributed by atoms with Gasteiger partial charge in [-0.3, -0.25) is 4.79 Å². The number of aliphatic carboxylic acids is 1. The summed E-state index contributed by atoms with van der Waals surface area (Å²) in [5.74, 6) is -1.99. The van der Waals surface area contributed by atoms with Gasteiger partial charge >= 0.3 is 12.1 Å². The Morgan fingerprint density at radius 2 is 1.70 bits per heavy atom. The van der Waals surface area contributed by atoms with Crippen molar-refractivity contribution in [3.05, 3.63) is 59.7 Å². The van der Waals surface area contributed by atoms with E-state index in [1.165, 1.54) is 0 Å². The van der Waals surface area contributed by atoms with Crippen LogP contribution in [-0.2, 0) is 19.1 Å². The van der Waals surface area contributed by atoms with Gasteiger partial charge in [-0.05, 0) is 28.7 Å². The Morgan fingerprint density at radius 3 is 2.30 bits per heavy atom. The number of fused-ring (bicyclic) bond motifs is 3. The van der Waals surface area contributed by atoms with Crippen molar-refractivity contribution in [1.29, 1.82) is 0 Å². The molecule has 1 unspecified atom stereocenters. The number of nitrogens with one attached hydrogen (secondary N) is 2. The molecule has 0 saturated carbocycles. The fourth-order valence-corrected chi connectivity index (χ4v) is 4.43. The fraction of sp³-hybridized carbons (Fsp3) is 0.375. The lowest BCUT2D eigenvalue weighted by Gasteiger charge is -2.22. The first kappa shape index (κ1) is 22.8. The van der Waals surface area contributed by atoms with Crippen LogP contribution in [0.3, 0.4) is 0 Å². The summed E-state index contributed by atoms with van der Waals surface area (Å²) in [7, 11) is 0.